The molecule has 41 heavy (non-hydrogen) atoms. The fraction of sp³-hybridized carbons (Fsp3) is 0.421. The summed E-state index contributed by atoms with van der Waals surface area (Å²) in [5.74, 6) is -0.920. The third-order valence-electron chi connectivity index (χ3n) is 7.74. The van der Waals surface area contributed by atoms with Crippen molar-refractivity contribution in [1.82, 2.24) is 4.98 Å². The Balaban J connectivity index is 1.83. The van der Waals surface area contributed by atoms with Gasteiger partial charge in [-0.2, -0.15) is 0 Å². The molecule has 3 nitrogen and oxygen atoms in total. The molecular formula is C38H45N2O+. The average molecular weight is 560 g/mol. The minimum atomic E-state index is -3.59. The van der Waals surface area contributed by atoms with E-state index in [0.717, 1.165) is 37.6 Å². The van der Waals surface area contributed by atoms with Crippen LogP contribution in [0.4, 0.5) is 0 Å². The normalized spacial score (nSPS) is 24.0. The van der Waals surface area contributed by atoms with Crippen LogP contribution in [0.15, 0.2) is 65.2 Å². The molecule has 0 saturated heterocycles. The van der Waals surface area contributed by atoms with Crippen molar-refractivity contribution in [2.45, 2.75) is 86.2 Å². The average Bonchev–Trinajstić information content (AvgIpc) is 3.54. The van der Waals surface area contributed by atoms with Gasteiger partial charge in [0.2, 0.25) is 11.4 Å². The van der Waals surface area contributed by atoms with Gasteiger partial charge in [0.15, 0.2) is 11.8 Å². The Labute approximate surface area is 265 Å². The summed E-state index contributed by atoms with van der Waals surface area (Å²) in [5.41, 5.74) is -5.40. The van der Waals surface area contributed by atoms with Crippen LogP contribution < -0.4 is 4.57 Å². The molecule has 0 spiro atoms. The Kier molecular flexibility index (Phi) is 3.55. The van der Waals surface area contributed by atoms with Gasteiger partial charge in [-0.15, -0.1) is 0 Å². The first-order valence-electron chi connectivity index (χ1n) is 20.8. The van der Waals surface area contributed by atoms with Crippen molar-refractivity contribution >= 4 is 22.1 Å². The van der Waals surface area contributed by atoms with E-state index in [1.807, 2.05) is 49.0 Å². The third kappa shape index (κ3) is 4.58. The molecule has 5 aromatic rings. The van der Waals surface area contributed by atoms with E-state index in [1.54, 1.807) is 32.0 Å². The predicted octanol–water partition coefficient (Wildman–Crippen LogP) is 10.0. The summed E-state index contributed by atoms with van der Waals surface area (Å²) in [7, 11) is 1.86. The smallest absolute Gasteiger partial charge is 0.227 e. The predicted molar refractivity (Wildman–Crippen MR) is 171 cm³/mol. The lowest BCUT2D eigenvalue weighted by molar-refractivity contribution is -0.660. The molecule has 3 aromatic heterocycles. The molecule has 0 radical (unpaired) electrons. The number of hydrogen-bond acceptors (Lipinski definition) is 2. The van der Waals surface area contributed by atoms with Crippen LogP contribution in [0.2, 0.25) is 0 Å². The Bertz CT molecular complexity index is 2350. The first-order chi connectivity index (χ1) is 24.8. The standard InChI is InChI=1S/C38H45N2O/c1-23(2)25-17-18-40(10)31(19-25)32-24(3)15-16-27-29-20-28-26-13-11-12-14-30(26)38(21-36(4,5)6,22-37(7,8)9)34(28)39-35(29)41-33(27)32/h11-20,23H,21-22H2,1-10H3/q+1/i4D3,5D3,7D3,21D2,22D2,23D. The van der Waals surface area contributed by atoms with Gasteiger partial charge in [-0.25, -0.2) is 9.55 Å². The molecule has 1 unspecified atom stereocenters. The van der Waals surface area contributed by atoms with E-state index in [9.17, 15) is 5.48 Å². The number of rotatable bonds is 4. The molecule has 0 amide bonds. The molecule has 212 valence electrons. The van der Waals surface area contributed by atoms with Gasteiger partial charge in [-0.1, -0.05) is 91.6 Å². The number of hydrogen-bond donors (Lipinski definition) is 0. The SMILES string of the molecule is [2H]C(C)(C)c1cc[n+](C)c(-c2c(C)ccc3c2oc2nc4c(cc23)-c2ccccc2C4(C([2H])([2H])C(C)(C)C([2H])([2H])[2H])C([2H])([2H])C(C)(C([2H])([2H])[2H])C([2H])([2H])[2H])c1. The van der Waals surface area contributed by atoms with Crippen LogP contribution in [0, 0.1) is 17.8 Å². The minimum absolute atomic E-state index is 0.0693. The van der Waals surface area contributed by atoms with Crippen molar-refractivity contribution in [3.63, 3.8) is 0 Å². The highest BCUT2D eigenvalue weighted by Crippen LogP contribution is 2.58. The molecule has 3 heterocycles. The summed E-state index contributed by atoms with van der Waals surface area (Å²) < 4.78 is 134. The molecule has 0 saturated carbocycles. The van der Waals surface area contributed by atoms with Crippen molar-refractivity contribution < 1.29 is 28.2 Å². The number of benzene rings is 2. The second-order valence-corrected chi connectivity index (χ2v) is 12.2. The highest BCUT2D eigenvalue weighted by molar-refractivity contribution is 6.10. The van der Waals surface area contributed by atoms with E-state index in [1.165, 1.54) is 12.1 Å². The van der Waals surface area contributed by atoms with Crippen molar-refractivity contribution in [2.24, 2.45) is 17.9 Å². The molecule has 0 aliphatic heterocycles. The summed E-state index contributed by atoms with van der Waals surface area (Å²) >= 11 is 0. The van der Waals surface area contributed by atoms with Crippen molar-refractivity contribution in [2.75, 3.05) is 0 Å². The highest BCUT2D eigenvalue weighted by atomic mass is 16.3. The molecule has 2 aromatic carbocycles. The molecule has 1 atom stereocenters. The Morgan fingerprint density at radius 2 is 1.71 bits per heavy atom. The van der Waals surface area contributed by atoms with Crippen molar-refractivity contribution in [3.05, 3.63) is 83.2 Å². The monoisotopic (exact) mass is 559 g/mol. The van der Waals surface area contributed by atoms with Gasteiger partial charge in [0.1, 0.15) is 7.05 Å². The number of aromatic nitrogens is 2. The number of pyridine rings is 2. The summed E-state index contributed by atoms with van der Waals surface area (Å²) in [6.07, 6.45) is -4.99. The first-order valence-corrected chi connectivity index (χ1v) is 13.8. The summed E-state index contributed by atoms with van der Waals surface area (Å²) in [6, 6.07) is 15.3. The third-order valence-corrected chi connectivity index (χ3v) is 7.74. The van der Waals surface area contributed by atoms with Gasteiger partial charge < -0.3 is 4.42 Å². The fourth-order valence-corrected chi connectivity index (χ4v) is 6.10. The molecular weight excluding hydrogens is 500 g/mol. The number of nitrogens with zero attached hydrogens (tertiary/aromatic N) is 2. The quantitative estimate of drug-likeness (QED) is 0.205. The van der Waals surface area contributed by atoms with Crippen LogP contribution in [0.5, 0.6) is 0 Å². The summed E-state index contributed by atoms with van der Waals surface area (Å²) in [5, 5.41) is 1.07. The van der Waals surface area contributed by atoms with Crippen molar-refractivity contribution in [1.29, 1.82) is 0 Å². The van der Waals surface area contributed by atoms with E-state index < -0.39 is 55.4 Å². The van der Waals surface area contributed by atoms with Crippen LogP contribution in [0.3, 0.4) is 0 Å². The van der Waals surface area contributed by atoms with Crippen LogP contribution in [0.1, 0.15) is 115 Å². The zero-order valence-electron chi connectivity index (χ0n) is 38.6. The van der Waals surface area contributed by atoms with Gasteiger partial charge in [-0.05, 0) is 64.7 Å². The van der Waals surface area contributed by atoms with E-state index >= 15 is 0 Å². The van der Waals surface area contributed by atoms with Gasteiger partial charge in [-0.3, -0.25) is 0 Å². The van der Waals surface area contributed by atoms with Crippen LogP contribution in [-0.2, 0) is 12.5 Å². The molecule has 6 rings (SSSR count). The Hall–Kier alpha value is -3.46. The van der Waals surface area contributed by atoms with E-state index in [4.69, 9.17) is 23.1 Å². The van der Waals surface area contributed by atoms with E-state index in [0.29, 0.717) is 21.9 Å². The highest BCUT2D eigenvalue weighted by Gasteiger charge is 2.49. The topological polar surface area (TPSA) is 29.9 Å². The fourth-order valence-electron chi connectivity index (χ4n) is 6.10. The molecule has 0 bridgehead atoms. The Morgan fingerprint density at radius 3 is 2.44 bits per heavy atom. The summed E-state index contributed by atoms with van der Waals surface area (Å²) in [4.78, 5) is 4.88. The number of fused-ring (bicyclic) bond motifs is 6. The molecule has 1 aliphatic carbocycles. The lowest BCUT2D eigenvalue weighted by Crippen LogP contribution is -2.35. The van der Waals surface area contributed by atoms with Gasteiger partial charge in [0, 0.05) is 53.1 Å². The van der Waals surface area contributed by atoms with Crippen LogP contribution in [0.25, 0.3) is 44.5 Å². The number of aryl methyl sites for hydroxylation is 2. The van der Waals surface area contributed by atoms with Crippen LogP contribution in [-0.4, -0.2) is 4.98 Å². The maximum Gasteiger partial charge on any atom is 0.227 e. The lowest BCUT2D eigenvalue weighted by Gasteiger charge is -2.41. The maximum absolute atomic E-state index is 9.96. The van der Waals surface area contributed by atoms with Crippen molar-refractivity contribution in [3.8, 4) is 22.4 Å². The van der Waals surface area contributed by atoms with Crippen LogP contribution >= 0.6 is 0 Å². The van der Waals surface area contributed by atoms with Gasteiger partial charge in [0.25, 0.3) is 0 Å². The Morgan fingerprint density at radius 1 is 0.976 bits per heavy atom. The second kappa shape index (κ2) is 9.28. The maximum atomic E-state index is 9.96. The largest absolute Gasteiger partial charge is 0.437 e. The molecule has 0 fully saturated rings. The zero-order valence-corrected chi connectivity index (χ0v) is 24.6. The lowest BCUT2D eigenvalue weighted by atomic mass is 9.63. The van der Waals surface area contributed by atoms with Gasteiger partial charge >= 0.3 is 0 Å². The minimum Gasteiger partial charge on any atom is -0.437 e. The molecule has 0 N–H and O–H groups in total. The van der Waals surface area contributed by atoms with E-state index in [2.05, 4.69) is 0 Å². The van der Waals surface area contributed by atoms with E-state index in [-0.39, 0.29) is 28.1 Å². The molecule has 1 aliphatic rings. The zero-order chi connectivity index (χ0) is 41.5. The number of furan rings is 1. The first kappa shape index (κ1) is 15.7. The second-order valence-electron chi connectivity index (χ2n) is 12.2. The molecule has 3 heteroatoms. The van der Waals surface area contributed by atoms with Gasteiger partial charge in [0.05, 0.1) is 11.3 Å². The summed E-state index contributed by atoms with van der Waals surface area (Å²) in [6.45, 7) is -1.76.